The normalized spacial score (nSPS) is 15.3. The maximum absolute atomic E-state index is 12.5. The topological polar surface area (TPSA) is 75.2 Å². The fourth-order valence-corrected chi connectivity index (χ4v) is 4.19. The lowest BCUT2D eigenvalue weighted by atomic mass is 10.1. The standard InChI is InChI=1S/C17H22N4O2S/c1-13-6-7-15(14(2)12-13)24(22,23)20-16-8-9-17(19-18-16)21-10-4-3-5-11-21/h6-9,12H,3-5,10-11H2,1-2H3,(H,18,20). The molecule has 6 nitrogen and oxygen atoms in total. The predicted octanol–water partition coefficient (Wildman–Crippen LogP) is 2.88. The van der Waals surface area contributed by atoms with Gasteiger partial charge in [-0.2, -0.15) is 0 Å². The third-order valence-electron chi connectivity index (χ3n) is 4.19. The Kier molecular flexibility index (Phi) is 4.71. The molecule has 128 valence electrons. The van der Waals surface area contributed by atoms with Crippen LogP contribution in [0, 0.1) is 13.8 Å². The maximum Gasteiger partial charge on any atom is 0.263 e. The molecule has 1 aromatic carbocycles. The number of hydrogen-bond acceptors (Lipinski definition) is 5. The smallest absolute Gasteiger partial charge is 0.263 e. The van der Waals surface area contributed by atoms with Gasteiger partial charge in [-0.1, -0.05) is 17.7 Å². The molecule has 0 spiro atoms. The van der Waals surface area contributed by atoms with Crippen LogP contribution < -0.4 is 9.62 Å². The number of rotatable bonds is 4. The molecule has 0 atom stereocenters. The van der Waals surface area contributed by atoms with Crippen LogP contribution in [0.1, 0.15) is 30.4 Å². The highest BCUT2D eigenvalue weighted by molar-refractivity contribution is 7.92. The number of nitrogens with one attached hydrogen (secondary N) is 1. The first kappa shape index (κ1) is 16.7. The minimum Gasteiger partial charge on any atom is -0.355 e. The second-order valence-corrected chi connectivity index (χ2v) is 7.85. The zero-order valence-electron chi connectivity index (χ0n) is 14.0. The molecule has 1 N–H and O–H groups in total. The van der Waals surface area contributed by atoms with Gasteiger partial charge in [0.05, 0.1) is 4.90 Å². The van der Waals surface area contributed by atoms with Gasteiger partial charge in [-0.25, -0.2) is 8.42 Å². The van der Waals surface area contributed by atoms with Crippen molar-refractivity contribution in [1.82, 2.24) is 10.2 Å². The van der Waals surface area contributed by atoms with Crippen molar-refractivity contribution < 1.29 is 8.42 Å². The molecule has 7 heteroatoms. The van der Waals surface area contributed by atoms with E-state index < -0.39 is 10.0 Å². The highest BCUT2D eigenvalue weighted by atomic mass is 32.2. The van der Waals surface area contributed by atoms with Crippen molar-refractivity contribution in [3.8, 4) is 0 Å². The van der Waals surface area contributed by atoms with Crippen molar-refractivity contribution in [2.75, 3.05) is 22.7 Å². The van der Waals surface area contributed by atoms with Crippen LogP contribution >= 0.6 is 0 Å². The van der Waals surface area contributed by atoms with Gasteiger partial charge in [0.15, 0.2) is 11.6 Å². The average Bonchev–Trinajstić information content (AvgIpc) is 2.55. The lowest BCUT2D eigenvalue weighted by molar-refractivity contribution is 0.571. The van der Waals surface area contributed by atoms with Crippen molar-refractivity contribution in [2.24, 2.45) is 0 Å². The molecule has 24 heavy (non-hydrogen) atoms. The lowest BCUT2D eigenvalue weighted by Gasteiger charge is -2.27. The molecule has 3 rings (SSSR count). The summed E-state index contributed by atoms with van der Waals surface area (Å²) in [5.74, 6) is 1.03. The molecule has 0 amide bonds. The van der Waals surface area contributed by atoms with Gasteiger partial charge in [-0.3, -0.25) is 4.72 Å². The molecule has 0 radical (unpaired) electrons. The third kappa shape index (κ3) is 3.67. The summed E-state index contributed by atoms with van der Waals surface area (Å²) in [6, 6.07) is 8.73. The van der Waals surface area contributed by atoms with E-state index in [1.165, 1.54) is 6.42 Å². The first-order valence-corrected chi connectivity index (χ1v) is 9.63. The number of sulfonamides is 1. The largest absolute Gasteiger partial charge is 0.355 e. The van der Waals surface area contributed by atoms with Crippen LogP contribution in [-0.4, -0.2) is 31.7 Å². The Balaban J connectivity index is 1.77. The lowest BCUT2D eigenvalue weighted by Crippen LogP contribution is -2.30. The second kappa shape index (κ2) is 6.76. The Morgan fingerprint density at radius 1 is 1.00 bits per heavy atom. The molecule has 1 aliphatic rings. The van der Waals surface area contributed by atoms with Crippen LogP contribution in [0.2, 0.25) is 0 Å². The summed E-state index contributed by atoms with van der Waals surface area (Å²) in [6.07, 6.45) is 3.56. The molecule has 1 aromatic heterocycles. The summed E-state index contributed by atoms with van der Waals surface area (Å²) in [7, 11) is -3.66. The summed E-state index contributed by atoms with van der Waals surface area (Å²) in [5.41, 5.74) is 1.73. The Labute approximate surface area is 143 Å². The zero-order valence-corrected chi connectivity index (χ0v) is 14.8. The minimum absolute atomic E-state index is 0.232. The van der Waals surface area contributed by atoms with Gasteiger partial charge < -0.3 is 4.90 Å². The van der Waals surface area contributed by atoms with E-state index in [4.69, 9.17) is 0 Å². The highest BCUT2D eigenvalue weighted by Crippen LogP contribution is 2.21. The molecule has 0 saturated carbocycles. The summed E-state index contributed by atoms with van der Waals surface area (Å²) in [4.78, 5) is 2.44. The van der Waals surface area contributed by atoms with E-state index in [0.717, 1.165) is 37.3 Å². The molecule has 0 aliphatic carbocycles. The maximum atomic E-state index is 12.5. The SMILES string of the molecule is Cc1ccc(S(=O)(=O)Nc2ccc(N3CCCCC3)nn2)c(C)c1. The first-order valence-electron chi connectivity index (χ1n) is 8.14. The Morgan fingerprint density at radius 2 is 1.75 bits per heavy atom. The van der Waals surface area contributed by atoms with Gasteiger partial charge in [0.1, 0.15) is 0 Å². The van der Waals surface area contributed by atoms with E-state index in [9.17, 15) is 8.42 Å². The Morgan fingerprint density at radius 3 is 2.38 bits per heavy atom. The monoisotopic (exact) mass is 346 g/mol. The number of piperidine rings is 1. The number of aromatic nitrogens is 2. The predicted molar refractivity (Wildman–Crippen MR) is 94.8 cm³/mol. The van der Waals surface area contributed by atoms with Crippen LogP contribution in [0.25, 0.3) is 0 Å². The molecular formula is C17H22N4O2S. The molecule has 1 saturated heterocycles. The molecule has 2 heterocycles. The molecule has 2 aromatic rings. The van der Waals surface area contributed by atoms with Gasteiger partial charge >= 0.3 is 0 Å². The molecule has 1 fully saturated rings. The second-order valence-electron chi connectivity index (χ2n) is 6.20. The van der Waals surface area contributed by atoms with E-state index in [2.05, 4.69) is 19.8 Å². The minimum atomic E-state index is -3.66. The number of anilines is 2. The third-order valence-corrected chi connectivity index (χ3v) is 5.70. The first-order chi connectivity index (χ1) is 11.5. The average molecular weight is 346 g/mol. The van der Waals surface area contributed by atoms with E-state index >= 15 is 0 Å². The highest BCUT2D eigenvalue weighted by Gasteiger charge is 2.18. The van der Waals surface area contributed by atoms with Crippen molar-refractivity contribution in [3.05, 3.63) is 41.5 Å². The number of aryl methyl sites for hydroxylation is 2. The van der Waals surface area contributed by atoms with Crippen molar-refractivity contribution in [3.63, 3.8) is 0 Å². The fraction of sp³-hybridized carbons (Fsp3) is 0.412. The molecule has 0 bridgehead atoms. The zero-order chi connectivity index (χ0) is 17.2. The van der Waals surface area contributed by atoms with Crippen LogP contribution in [0.3, 0.4) is 0 Å². The number of hydrogen-bond donors (Lipinski definition) is 1. The molecule has 1 aliphatic heterocycles. The molecule has 0 unspecified atom stereocenters. The summed E-state index contributed by atoms with van der Waals surface area (Å²) in [5, 5.41) is 8.20. The van der Waals surface area contributed by atoms with Crippen LogP contribution in [0.15, 0.2) is 35.2 Å². The van der Waals surface area contributed by atoms with E-state index in [1.807, 2.05) is 19.1 Å². The van der Waals surface area contributed by atoms with Gasteiger partial charge in [0.2, 0.25) is 0 Å². The van der Waals surface area contributed by atoms with Crippen LogP contribution in [-0.2, 0) is 10.0 Å². The van der Waals surface area contributed by atoms with Crippen molar-refractivity contribution in [1.29, 1.82) is 0 Å². The fourth-order valence-electron chi connectivity index (χ4n) is 2.96. The van der Waals surface area contributed by atoms with Crippen molar-refractivity contribution >= 4 is 21.7 Å². The summed E-state index contributed by atoms with van der Waals surface area (Å²) < 4.78 is 27.6. The van der Waals surface area contributed by atoms with Gasteiger partial charge in [0, 0.05) is 13.1 Å². The van der Waals surface area contributed by atoms with Crippen LogP contribution in [0.5, 0.6) is 0 Å². The Bertz CT molecular complexity index is 813. The number of benzene rings is 1. The van der Waals surface area contributed by atoms with E-state index in [-0.39, 0.29) is 10.7 Å². The van der Waals surface area contributed by atoms with E-state index in [1.54, 1.807) is 25.1 Å². The van der Waals surface area contributed by atoms with Crippen molar-refractivity contribution in [2.45, 2.75) is 38.0 Å². The number of nitrogens with zero attached hydrogens (tertiary/aromatic N) is 3. The summed E-state index contributed by atoms with van der Waals surface area (Å²) in [6.45, 7) is 5.67. The van der Waals surface area contributed by atoms with Gasteiger partial charge in [-0.05, 0) is 56.9 Å². The molecular weight excluding hydrogens is 324 g/mol. The van der Waals surface area contributed by atoms with Gasteiger partial charge in [0.25, 0.3) is 10.0 Å². The van der Waals surface area contributed by atoms with Crippen LogP contribution in [0.4, 0.5) is 11.6 Å². The quantitative estimate of drug-likeness (QED) is 0.921. The van der Waals surface area contributed by atoms with E-state index in [0.29, 0.717) is 5.56 Å². The summed E-state index contributed by atoms with van der Waals surface area (Å²) >= 11 is 0. The Hall–Kier alpha value is -2.15. The van der Waals surface area contributed by atoms with Gasteiger partial charge in [-0.15, -0.1) is 10.2 Å².